The van der Waals surface area contributed by atoms with Gasteiger partial charge in [-0.2, -0.15) is 0 Å². The molecule has 19 heavy (non-hydrogen) atoms. The van der Waals surface area contributed by atoms with Crippen LogP contribution in [0.1, 0.15) is 5.56 Å². The molecule has 0 atom stereocenters. The van der Waals surface area contributed by atoms with Crippen molar-refractivity contribution in [2.75, 3.05) is 17.9 Å². The number of methoxy groups -OCH3 is 1. The van der Waals surface area contributed by atoms with E-state index >= 15 is 0 Å². The molecule has 7 heteroatoms. The number of anilines is 2. The second kappa shape index (κ2) is 6.21. The molecule has 0 amide bonds. The van der Waals surface area contributed by atoms with Gasteiger partial charge in [0.1, 0.15) is 6.33 Å². The number of hydrogen-bond donors (Lipinski definition) is 3. The zero-order chi connectivity index (χ0) is 13.7. The van der Waals surface area contributed by atoms with E-state index in [1.54, 1.807) is 0 Å². The van der Waals surface area contributed by atoms with Crippen LogP contribution in [-0.2, 0) is 6.54 Å². The average molecular weight is 280 g/mol. The highest BCUT2D eigenvalue weighted by Crippen LogP contribution is 2.28. The van der Waals surface area contributed by atoms with Crippen LogP contribution < -0.4 is 21.3 Å². The van der Waals surface area contributed by atoms with E-state index in [0.717, 1.165) is 5.56 Å². The molecule has 100 valence electrons. The monoisotopic (exact) mass is 279 g/mol. The summed E-state index contributed by atoms with van der Waals surface area (Å²) in [4.78, 5) is 8.08. The van der Waals surface area contributed by atoms with Gasteiger partial charge in [0.05, 0.1) is 7.11 Å². The molecule has 0 aliphatic rings. The first-order valence-corrected chi connectivity index (χ1v) is 5.97. The molecule has 1 aromatic carbocycles. The predicted molar refractivity (Wildman–Crippen MR) is 75.2 cm³/mol. The first-order chi connectivity index (χ1) is 9.26. The number of ether oxygens (including phenoxy) is 1. The van der Waals surface area contributed by atoms with Crippen molar-refractivity contribution in [3.05, 3.63) is 41.2 Å². The normalized spacial score (nSPS) is 10.1. The Morgan fingerprint density at radius 2 is 2.00 bits per heavy atom. The summed E-state index contributed by atoms with van der Waals surface area (Å²) in [6.45, 7) is 0.525. The molecule has 6 nitrogen and oxygen atoms in total. The second-order valence-electron chi connectivity index (χ2n) is 3.69. The van der Waals surface area contributed by atoms with Crippen molar-refractivity contribution >= 4 is 23.2 Å². The molecule has 0 radical (unpaired) electrons. The maximum atomic E-state index is 6.09. The predicted octanol–water partition coefficient (Wildman–Crippen LogP) is 2.04. The zero-order valence-electron chi connectivity index (χ0n) is 10.4. The van der Waals surface area contributed by atoms with Gasteiger partial charge >= 0.3 is 0 Å². The number of nitrogen functional groups attached to an aromatic ring is 1. The van der Waals surface area contributed by atoms with E-state index in [-0.39, 0.29) is 0 Å². The van der Waals surface area contributed by atoms with Crippen molar-refractivity contribution in [3.63, 3.8) is 0 Å². The number of benzene rings is 1. The van der Waals surface area contributed by atoms with Crippen LogP contribution in [0.25, 0.3) is 0 Å². The molecule has 4 N–H and O–H groups in total. The van der Waals surface area contributed by atoms with Crippen LogP contribution in [0.4, 0.5) is 11.6 Å². The van der Waals surface area contributed by atoms with Gasteiger partial charge in [-0.15, -0.1) is 0 Å². The molecule has 1 aromatic heterocycles. The minimum absolute atomic E-state index is 0.416. The van der Waals surface area contributed by atoms with Crippen LogP contribution in [0.15, 0.2) is 30.6 Å². The van der Waals surface area contributed by atoms with Gasteiger partial charge in [0.15, 0.2) is 11.6 Å². The highest BCUT2D eigenvalue weighted by molar-refractivity contribution is 6.31. The lowest BCUT2D eigenvalue weighted by molar-refractivity contribution is 0.414. The first-order valence-electron chi connectivity index (χ1n) is 5.59. The fraction of sp³-hybridized carbons (Fsp3) is 0.167. The Kier molecular flexibility index (Phi) is 4.38. The number of hydrogen-bond acceptors (Lipinski definition) is 6. The molecule has 0 bridgehead atoms. The van der Waals surface area contributed by atoms with E-state index in [9.17, 15) is 0 Å². The quantitative estimate of drug-likeness (QED) is 0.574. The molecular weight excluding hydrogens is 266 g/mol. The van der Waals surface area contributed by atoms with E-state index in [1.807, 2.05) is 24.3 Å². The van der Waals surface area contributed by atoms with E-state index in [1.165, 1.54) is 13.4 Å². The minimum atomic E-state index is 0.416. The lowest BCUT2D eigenvalue weighted by Gasteiger charge is -2.12. The van der Waals surface area contributed by atoms with Crippen LogP contribution in [-0.4, -0.2) is 17.1 Å². The van der Waals surface area contributed by atoms with E-state index < -0.39 is 0 Å². The van der Waals surface area contributed by atoms with Crippen LogP contribution in [0.3, 0.4) is 0 Å². The highest BCUT2D eigenvalue weighted by Gasteiger charge is 2.11. The molecule has 1 heterocycles. The van der Waals surface area contributed by atoms with E-state index in [4.69, 9.17) is 22.2 Å². The van der Waals surface area contributed by atoms with Gasteiger partial charge in [0, 0.05) is 11.6 Å². The van der Waals surface area contributed by atoms with Crippen molar-refractivity contribution in [1.29, 1.82) is 0 Å². The van der Waals surface area contributed by atoms with Gasteiger partial charge < -0.3 is 15.5 Å². The van der Waals surface area contributed by atoms with Gasteiger partial charge in [-0.1, -0.05) is 29.8 Å². The number of halogens is 1. The summed E-state index contributed by atoms with van der Waals surface area (Å²) in [6.07, 6.45) is 1.40. The van der Waals surface area contributed by atoms with E-state index in [2.05, 4.69) is 20.7 Å². The standard InChI is InChI=1S/C12H14ClN5O/c1-19-10-11(16-7-17-12(10)18-14)15-6-8-4-2-3-5-9(8)13/h2-5,7H,6,14H2,1H3,(H2,15,16,17,18). The van der Waals surface area contributed by atoms with Crippen LogP contribution in [0.5, 0.6) is 5.75 Å². The van der Waals surface area contributed by atoms with Crippen LogP contribution in [0, 0.1) is 0 Å². The number of aromatic nitrogens is 2. The molecule has 2 aromatic rings. The lowest BCUT2D eigenvalue weighted by atomic mass is 10.2. The molecule has 0 unspecified atom stereocenters. The largest absolute Gasteiger partial charge is 0.490 e. The molecule has 2 rings (SSSR count). The second-order valence-corrected chi connectivity index (χ2v) is 4.10. The van der Waals surface area contributed by atoms with Crippen LogP contribution >= 0.6 is 11.6 Å². The van der Waals surface area contributed by atoms with Crippen molar-refractivity contribution < 1.29 is 4.74 Å². The zero-order valence-corrected chi connectivity index (χ0v) is 11.1. The van der Waals surface area contributed by atoms with Crippen molar-refractivity contribution in [2.24, 2.45) is 5.84 Å². The summed E-state index contributed by atoms with van der Waals surface area (Å²) in [5.74, 6) is 6.78. The summed E-state index contributed by atoms with van der Waals surface area (Å²) in [6, 6.07) is 7.58. The van der Waals surface area contributed by atoms with Gasteiger partial charge in [0.2, 0.25) is 5.75 Å². The Balaban J connectivity index is 2.18. The van der Waals surface area contributed by atoms with Crippen LogP contribution in [0.2, 0.25) is 5.02 Å². The summed E-state index contributed by atoms with van der Waals surface area (Å²) < 4.78 is 5.22. The van der Waals surface area contributed by atoms with Gasteiger partial charge in [-0.25, -0.2) is 15.8 Å². The number of nitrogens with zero attached hydrogens (tertiary/aromatic N) is 2. The summed E-state index contributed by atoms with van der Waals surface area (Å²) in [7, 11) is 1.53. The third kappa shape index (κ3) is 3.04. The highest BCUT2D eigenvalue weighted by atomic mass is 35.5. The summed E-state index contributed by atoms with van der Waals surface area (Å²) in [5, 5.41) is 3.83. The van der Waals surface area contributed by atoms with Gasteiger partial charge in [-0.05, 0) is 11.6 Å². The Morgan fingerprint density at radius 3 is 2.68 bits per heavy atom. The van der Waals surface area contributed by atoms with Crippen molar-refractivity contribution in [2.45, 2.75) is 6.54 Å². The maximum Gasteiger partial charge on any atom is 0.205 e. The Morgan fingerprint density at radius 1 is 1.26 bits per heavy atom. The molecule has 0 fully saturated rings. The smallest absolute Gasteiger partial charge is 0.205 e. The SMILES string of the molecule is COc1c(NN)ncnc1NCc1ccccc1Cl. The number of hydrazine groups is 1. The van der Waals surface area contributed by atoms with Crippen molar-refractivity contribution in [1.82, 2.24) is 9.97 Å². The summed E-state index contributed by atoms with van der Waals surface area (Å²) in [5.41, 5.74) is 3.42. The van der Waals surface area contributed by atoms with Crippen molar-refractivity contribution in [3.8, 4) is 5.75 Å². The third-order valence-corrected chi connectivity index (χ3v) is 2.92. The third-order valence-electron chi connectivity index (χ3n) is 2.55. The fourth-order valence-electron chi connectivity index (χ4n) is 1.62. The number of nitrogens with two attached hydrogens (primary N) is 1. The molecule has 0 spiro atoms. The van der Waals surface area contributed by atoms with Gasteiger partial charge in [-0.3, -0.25) is 0 Å². The molecular formula is C12H14ClN5O. The Bertz CT molecular complexity index is 564. The molecule has 0 saturated carbocycles. The fourth-order valence-corrected chi connectivity index (χ4v) is 1.82. The Labute approximate surface area is 115 Å². The molecule has 0 aliphatic heterocycles. The van der Waals surface area contributed by atoms with E-state index in [0.29, 0.717) is 29.0 Å². The number of rotatable bonds is 5. The Hall–Kier alpha value is -2.05. The average Bonchev–Trinajstić information content (AvgIpc) is 2.45. The summed E-state index contributed by atoms with van der Waals surface area (Å²) >= 11 is 6.09. The van der Waals surface area contributed by atoms with Gasteiger partial charge in [0.25, 0.3) is 0 Å². The number of nitrogens with one attached hydrogen (secondary N) is 2. The molecule has 0 saturated heterocycles. The maximum absolute atomic E-state index is 6.09. The lowest BCUT2D eigenvalue weighted by Crippen LogP contribution is -2.12. The molecule has 0 aliphatic carbocycles. The topological polar surface area (TPSA) is 85.1 Å². The minimum Gasteiger partial charge on any atom is -0.490 e. The first kappa shape index (κ1) is 13.4.